The van der Waals surface area contributed by atoms with Crippen LogP contribution in [0, 0.1) is 0 Å². The van der Waals surface area contributed by atoms with E-state index in [1.165, 1.54) is 0 Å². The van der Waals surface area contributed by atoms with Crippen LogP contribution in [-0.2, 0) is 28.5 Å². The van der Waals surface area contributed by atoms with Crippen LogP contribution in [-0.4, -0.2) is 150 Å². The highest BCUT2D eigenvalue weighted by molar-refractivity contribution is 5.78. The molecule has 17 heteroatoms. The van der Waals surface area contributed by atoms with Gasteiger partial charge in [-0.15, -0.1) is 0 Å². The van der Waals surface area contributed by atoms with E-state index in [1.54, 1.807) is 7.05 Å². The number of nitrogens with one attached hydrogen (secondary N) is 2. The zero-order chi connectivity index (χ0) is 29.3. The Labute approximate surface area is 231 Å². The standard InChI is InChI=1S/C23H44N6O11/c1-28-15-17(34)20-11(4-9(27)21(39-20)38-19-8(26)2-7(25)3-10(19)31)36-22(15)40-23-18(35)16(33)14(12(6-30)37-23)29-13(32)5-24/h7-12,14-23,28,30-31,33-35H,2-6,24-27H2,1H3,(H,29,32)/t7-,8?,9?,10-,11+,12?,14-,15?,16?,17?,18?,19-,20?,21+,22?,23-/m1/s1. The SMILES string of the molecule is CNC1C(O[C@H]2OC(CO)[C@@H](NC(=O)CN)C(O)C2O)O[C@H]2CC(N)[C@@H](O[C@@H]3C(N)C[C@@H](N)C[C@H]3O)OC2C1O. The lowest BCUT2D eigenvalue weighted by molar-refractivity contribution is -0.373. The lowest BCUT2D eigenvalue weighted by Gasteiger charge is -2.51. The average Bonchev–Trinajstić information content (AvgIpc) is 2.90. The van der Waals surface area contributed by atoms with Gasteiger partial charge in [-0.3, -0.25) is 4.79 Å². The van der Waals surface area contributed by atoms with Crippen LogP contribution in [0.25, 0.3) is 0 Å². The van der Waals surface area contributed by atoms with E-state index < -0.39 is 104 Å². The van der Waals surface area contributed by atoms with Crippen LogP contribution >= 0.6 is 0 Å². The number of ether oxygens (including phenoxy) is 5. The maximum Gasteiger partial charge on any atom is 0.234 e. The average molecular weight is 581 g/mol. The Morgan fingerprint density at radius 3 is 2.23 bits per heavy atom. The van der Waals surface area contributed by atoms with Crippen molar-refractivity contribution in [2.45, 2.75) is 117 Å². The number of aliphatic hydroxyl groups excluding tert-OH is 5. The molecule has 3 aliphatic heterocycles. The van der Waals surface area contributed by atoms with Crippen molar-refractivity contribution in [1.29, 1.82) is 0 Å². The molecule has 15 N–H and O–H groups in total. The first-order chi connectivity index (χ1) is 19.0. The Morgan fingerprint density at radius 1 is 0.875 bits per heavy atom. The number of aliphatic hydroxyl groups is 5. The molecule has 40 heavy (non-hydrogen) atoms. The van der Waals surface area contributed by atoms with Crippen molar-refractivity contribution in [3.63, 3.8) is 0 Å². The number of nitrogens with two attached hydrogens (primary N) is 4. The maximum atomic E-state index is 11.7. The number of hydrogen-bond donors (Lipinski definition) is 11. The van der Waals surface area contributed by atoms with Crippen LogP contribution in [0.15, 0.2) is 0 Å². The van der Waals surface area contributed by atoms with E-state index in [4.69, 9.17) is 46.6 Å². The van der Waals surface area contributed by atoms with Gasteiger partial charge in [-0.2, -0.15) is 0 Å². The number of rotatable bonds is 8. The third-order valence-corrected chi connectivity index (χ3v) is 8.03. The minimum absolute atomic E-state index is 0.184. The summed E-state index contributed by atoms with van der Waals surface area (Å²) in [7, 11) is 1.55. The van der Waals surface area contributed by atoms with Crippen LogP contribution < -0.4 is 33.6 Å². The van der Waals surface area contributed by atoms with Crippen LogP contribution in [0.5, 0.6) is 0 Å². The third-order valence-electron chi connectivity index (χ3n) is 8.03. The molecule has 3 heterocycles. The molecule has 0 aromatic rings. The lowest BCUT2D eigenvalue weighted by Crippen LogP contribution is -2.70. The van der Waals surface area contributed by atoms with E-state index in [2.05, 4.69) is 10.6 Å². The van der Waals surface area contributed by atoms with Gasteiger partial charge < -0.3 is 82.8 Å². The Morgan fingerprint density at radius 2 is 1.60 bits per heavy atom. The van der Waals surface area contributed by atoms with E-state index in [-0.39, 0.29) is 19.0 Å². The molecule has 232 valence electrons. The Bertz CT molecular complexity index is 833. The third kappa shape index (κ3) is 6.59. The Hall–Kier alpha value is -1.13. The second-order valence-electron chi connectivity index (χ2n) is 10.9. The van der Waals surface area contributed by atoms with Gasteiger partial charge in [-0.1, -0.05) is 0 Å². The number of carbonyl (C=O) groups is 1. The zero-order valence-corrected chi connectivity index (χ0v) is 22.3. The normalized spacial score (nSPS) is 49.8. The van der Waals surface area contributed by atoms with Gasteiger partial charge >= 0.3 is 0 Å². The van der Waals surface area contributed by atoms with Crippen LogP contribution in [0.3, 0.4) is 0 Å². The molecule has 0 bridgehead atoms. The van der Waals surface area contributed by atoms with E-state index in [0.29, 0.717) is 12.8 Å². The second kappa shape index (κ2) is 13.4. The smallest absolute Gasteiger partial charge is 0.234 e. The number of likely N-dealkylation sites (N-methyl/N-ethyl adjacent to an activating group) is 1. The highest BCUT2D eigenvalue weighted by Gasteiger charge is 2.54. The first-order valence-corrected chi connectivity index (χ1v) is 13.5. The zero-order valence-electron chi connectivity index (χ0n) is 22.3. The molecule has 4 aliphatic rings. The van der Waals surface area contributed by atoms with Crippen molar-refractivity contribution in [3.05, 3.63) is 0 Å². The van der Waals surface area contributed by atoms with Crippen LogP contribution in [0.4, 0.5) is 0 Å². The molecule has 0 radical (unpaired) electrons. The number of carbonyl (C=O) groups excluding carboxylic acids is 1. The fourth-order valence-electron chi connectivity index (χ4n) is 5.88. The second-order valence-corrected chi connectivity index (χ2v) is 10.9. The summed E-state index contributed by atoms with van der Waals surface area (Å²) in [4.78, 5) is 11.7. The molecule has 9 unspecified atom stereocenters. The summed E-state index contributed by atoms with van der Waals surface area (Å²) in [6.07, 6.45) is -11.6. The lowest BCUT2D eigenvalue weighted by atomic mass is 9.86. The number of amides is 1. The van der Waals surface area contributed by atoms with Crippen molar-refractivity contribution >= 4 is 5.91 Å². The monoisotopic (exact) mass is 580 g/mol. The first kappa shape index (κ1) is 31.8. The van der Waals surface area contributed by atoms with Gasteiger partial charge in [0.1, 0.15) is 36.6 Å². The fraction of sp³-hybridized carbons (Fsp3) is 0.957. The van der Waals surface area contributed by atoms with E-state index in [0.717, 1.165) is 0 Å². The molecule has 4 fully saturated rings. The summed E-state index contributed by atoms with van der Waals surface area (Å²) in [6, 6.07) is -3.52. The van der Waals surface area contributed by atoms with Crippen LogP contribution in [0.2, 0.25) is 0 Å². The van der Waals surface area contributed by atoms with Gasteiger partial charge in [0.15, 0.2) is 18.9 Å². The summed E-state index contributed by atoms with van der Waals surface area (Å²) in [5.74, 6) is -0.614. The molecule has 0 aromatic heterocycles. The molecule has 0 spiro atoms. The summed E-state index contributed by atoms with van der Waals surface area (Å²) >= 11 is 0. The summed E-state index contributed by atoms with van der Waals surface area (Å²) < 4.78 is 29.6. The Balaban J connectivity index is 1.42. The van der Waals surface area contributed by atoms with Gasteiger partial charge in [-0.25, -0.2) is 0 Å². The molecule has 1 saturated carbocycles. The summed E-state index contributed by atoms with van der Waals surface area (Å²) in [6.45, 7) is -0.973. The largest absolute Gasteiger partial charge is 0.394 e. The van der Waals surface area contributed by atoms with Crippen molar-refractivity contribution < 1.29 is 54.0 Å². The van der Waals surface area contributed by atoms with Crippen molar-refractivity contribution in [1.82, 2.24) is 10.6 Å². The summed E-state index contributed by atoms with van der Waals surface area (Å²) in [5, 5.41) is 58.1. The predicted molar refractivity (Wildman–Crippen MR) is 135 cm³/mol. The van der Waals surface area contributed by atoms with Gasteiger partial charge in [0.25, 0.3) is 0 Å². The van der Waals surface area contributed by atoms with Crippen LogP contribution in [0.1, 0.15) is 19.3 Å². The van der Waals surface area contributed by atoms with Crippen molar-refractivity contribution in [3.8, 4) is 0 Å². The highest BCUT2D eigenvalue weighted by Crippen LogP contribution is 2.35. The molecule has 3 saturated heterocycles. The van der Waals surface area contributed by atoms with E-state index in [9.17, 15) is 30.3 Å². The molecule has 4 rings (SSSR count). The molecule has 1 amide bonds. The van der Waals surface area contributed by atoms with E-state index >= 15 is 0 Å². The predicted octanol–water partition coefficient (Wildman–Crippen LogP) is -6.80. The first-order valence-electron chi connectivity index (χ1n) is 13.5. The number of fused-ring (bicyclic) bond motifs is 1. The van der Waals surface area contributed by atoms with Gasteiger partial charge in [0.2, 0.25) is 5.91 Å². The minimum Gasteiger partial charge on any atom is -0.394 e. The molecular weight excluding hydrogens is 536 g/mol. The van der Waals surface area contributed by atoms with Gasteiger partial charge in [0.05, 0.1) is 43.5 Å². The van der Waals surface area contributed by atoms with Crippen molar-refractivity contribution in [2.24, 2.45) is 22.9 Å². The maximum absolute atomic E-state index is 11.7. The minimum atomic E-state index is -1.65. The van der Waals surface area contributed by atoms with Crippen molar-refractivity contribution in [2.75, 3.05) is 20.2 Å². The Kier molecular flexibility index (Phi) is 10.7. The molecule has 0 aromatic carbocycles. The molecule has 16 atom stereocenters. The van der Waals surface area contributed by atoms with Gasteiger partial charge in [0, 0.05) is 12.1 Å². The number of hydrogen-bond acceptors (Lipinski definition) is 16. The van der Waals surface area contributed by atoms with Gasteiger partial charge in [-0.05, 0) is 26.3 Å². The van der Waals surface area contributed by atoms with E-state index in [1.807, 2.05) is 0 Å². The highest BCUT2D eigenvalue weighted by atomic mass is 16.8. The molecular formula is C23H44N6O11. The fourth-order valence-corrected chi connectivity index (χ4v) is 5.88. The summed E-state index contributed by atoms with van der Waals surface area (Å²) in [5.41, 5.74) is 23.7. The molecule has 17 nitrogen and oxygen atoms in total. The topological polar surface area (TPSA) is 293 Å². The quantitative estimate of drug-likeness (QED) is 0.127. The molecule has 1 aliphatic carbocycles.